The van der Waals surface area contributed by atoms with Crippen molar-refractivity contribution in [1.29, 1.82) is 0 Å². The van der Waals surface area contributed by atoms with Gasteiger partial charge in [-0.1, -0.05) is 5.16 Å². The number of aromatic nitrogens is 2. The van der Waals surface area contributed by atoms with Gasteiger partial charge in [0, 0.05) is 18.0 Å². The van der Waals surface area contributed by atoms with Gasteiger partial charge in [-0.25, -0.2) is 4.39 Å². The van der Waals surface area contributed by atoms with Crippen LogP contribution in [-0.4, -0.2) is 30.3 Å². The molecule has 2 aromatic rings. The van der Waals surface area contributed by atoms with E-state index in [1.165, 1.54) is 13.2 Å². The molecule has 0 amide bonds. The summed E-state index contributed by atoms with van der Waals surface area (Å²) < 4.78 is 23.6. The van der Waals surface area contributed by atoms with Crippen molar-refractivity contribution < 1.29 is 13.7 Å². The van der Waals surface area contributed by atoms with Crippen LogP contribution in [0.15, 0.2) is 22.7 Å². The van der Waals surface area contributed by atoms with Gasteiger partial charge in [0.15, 0.2) is 17.4 Å². The number of benzene rings is 1. The predicted molar refractivity (Wildman–Crippen MR) is 71.1 cm³/mol. The number of ether oxygens (including phenoxy) is 1. The van der Waals surface area contributed by atoms with Crippen LogP contribution in [0, 0.1) is 5.82 Å². The normalized spacial score (nSPS) is 19.0. The molecule has 1 N–H and O–H groups in total. The summed E-state index contributed by atoms with van der Waals surface area (Å²) in [6.07, 6.45) is 2.16. The molecule has 0 spiro atoms. The maximum Gasteiger partial charge on any atom is 0.258 e. The molecule has 1 aliphatic rings. The Kier molecular flexibility index (Phi) is 3.64. The molecule has 5 nitrogen and oxygen atoms in total. The summed E-state index contributed by atoms with van der Waals surface area (Å²) in [6.45, 7) is 1.90. The zero-order valence-electron chi connectivity index (χ0n) is 11.2. The number of hydrogen-bond acceptors (Lipinski definition) is 5. The van der Waals surface area contributed by atoms with Crippen molar-refractivity contribution in [2.45, 2.75) is 18.8 Å². The highest BCUT2D eigenvalue weighted by Gasteiger charge is 2.21. The van der Waals surface area contributed by atoms with E-state index >= 15 is 0 Å². The van der Waals surface area contributed by atoms with Crippen LogP contribution < -0.4 is 10.1 Å². The van der Waals surface area contributed by atoms with Crippen molar-refractivity contribution in [2.24, 2.45) is 0 Å². The van der Waals surface area contributed by atoms with E-state index in [0.717, 1.165) is 25.9 Å². The summed E-state index contributed by atoms with van der Waals surface area (Å²) in [4.78, 5) is 4.41. The maximum atomic E-state index is 13.4. The van der Waals surface area contributed by atoms with Gasteiger partial charge in [0.1, 0.15) is 0 Å². The summed E-state index contributed by atoms with van der Waals surface area (Å²) in [5.41, 5.74) is 0.658. The number of rotatable bonds is 3. The fourth-order valence-electron chi connectivity index (χ4n) is 2.38. The second-order valence-corrected chi connectivity index (χ2v) is 4.85. The van der Waals surface area contributed by atoms with Crippen LogP contribution in [0.2, 0.25) is 0 Å². The van der Waals surface area contributed by atoms with E-state index in [1.54, 1.807) is 12.1 Å². The second-order valence-electron chi connectivity index (χ2n) is 4.85. The Balaban J connectivity index is 1.85. The molecule has 0 aliphatic carbocycles. The Morgan fingerprint density at radius 3 is 3.10 bits per heavy atom. The highest BCUT2D eigenvalue weighted by atomic mass is 19.1. The van der Waals surface area contributed by atoms with Crippen LogP contribution in [0.5, 0.6) is 5.75 Å². The molecule has 0 saturated carbocycles. The molecule has 0 radical (unpaired) electrons. The first-order valence-corrected chi connectivity index (χ1v) is 6.66. The lowest BCUT2D eigenvalue weighted by Crippen LogP contribution is -2.28. The number of hydrogen-bond donors (Lipinski definition) is 1. The molecule has 3 rings (SSSR count). The van der Waals surface area contributed by atoms with Gasteiger partial charge in [-0.2, -0.15) is 4.98 Å². The Hall–Kier alpha value is -1.95. The third kappa shape index (κ3) is 2.51. The Labute approximate surface area is 116 Å². The molecule has 6 heteroatoms. The van der Waals surface area contributed by atoms with Gasteiger partial charge in [-0.15, -0.1) is 0 Å². The molecule has 0 bridgehead atoms. The van der Waals surface area contributed by atoms with Crippen LogP contribution >= 0.6 is 0 Å². The van der Waals surface area contributed by atoms with Crippen molar-refractivity contribution in [3.63, 3.8) is 0 Å². The SMILES string of the molecule is COc1cc(-c2nc(C3CCCNC3)no2)ccc1F. The Morgan fingerprint density at radius 1 is 1.45 bits per heavy atom. The van der Waals surface area contributed by atoms with Crippen molar-refractivity contribution >= 4 is 0 Å². The largest absolute Gasteiger partial charge is 0.494 e. The first-order chi connectivity index (χ1) is 9.78. The zero-order chi connectivity index (χ0) is 13.9. The van der Waals surface area contributed by atoms with Gasteiger partial charge in [-0.05, 0) is 37.6 Å². The molecule has 1 fully saturated rings. The van der Waals surface area contributed by atoms with E-state index in [4.69, 9.17) is 9.26 Å². The van der Waals surface area contributed by atoms with E-state index < -0.39 is 5.82 Å². The quantitative estimate of drug-likeness (QED) is 0.933. The van der Waals surface area contributed by atoms with Gasteiger partial charge in [0.25, 0.3) is 5.89 Å². The molecular weight excluding hydrogens is 261 g/mol. The third-order valence-corrected chi connectivity index (χ3v) is 3.50. The smallest absolute Gasteiger partial charge is 0.258 e. The number of piperidine rings is 1. The molecule has 1 aromatic carbocycles. The number of nitrogens with zero attached hydrogens (tertiary/aromatic N) is 2. The van der Waals surface area contributed by atoms with Crippen molar-refractivity contribution in [3.05, 3.63) is 29.8 Å². The van der Waals surface area contributed by atoms with E-state index in [-0.39, 0.29) is 11.7 Å². The average molecular weight is 277 g/mol. The molecule has 1 aliphatic heterocycles. The predicted octanol–water partition coefficient (Wildman–Crippen LogP) is 2.35. The van der Waals surface area contributed by atoms with Crippen LogP contribution in [0.1, 0.15) is 24.6 Å². The summed E-state index contributed by atoms with van der Waals surface area (Å²) >= 11 is 0. The summed E-state index contributed by atoms with van der Waals surface area (Å²) in [5, 5.41) is 7.35. The minimum absolute atomic E-state index is 0.168. The highest BCUT2D eigenvalue weighted by Crippen LogP contribution is 2.27. The summed E-state index contributed by atoms with van der Waals surface area (Å²) in [5.74, 6) is 1.14. The molecule has 106 valence electrons. The molecule has 20 heavy (non-hydrogen) atoms. The van der Waals surface area contributed by atoms with Crippen LogP contribution in [0.3, 0.4) is 0 Å². The molecule has 1 unspecified atom stereocenters. The van der Waals surface area contributed by atoms with E-state index in [0.29, 0.717) is 17.3 Å². The number of halogens is 1. The molecule has 1 saturated heterocycles. The first-order valence-electron chi connectivity index (χ1n) is 6.66. The lowest BCUT2D eigenvalue weighted by Gasteiger charge is -2.19. The molecular formula is C14H16FN3O2. The van der Waals surface area contributed by atoms with Gasteiger partial charge >= 0.3 is 0 Å². The van der Waals surface area contributed by atoms with Gasteiger partial charge in [0.05, 0.1) is 7.11 Å². The molecule has 1 aromatic heterocycles. The van der Waals surface area contributed by atoms with E-state index in [9.17, 15) is 4.39 Å². The Morgan fingerprint density at radius 2 is 2.35 bits per heavy atom. The zero-order valence-corrected chi connectivity index (χ0v) is 11.2. The number of nitrogens with one attached hydrogen (secondary N) is 1. The topological polar surface area (TPSA) is 60.2 Å². The lowest BCUT2D eigenvalue weighted by atomic mass is 9.99. The summed E-state index contributed by atoms with van der Waals surface area (Å²) in [6, 6.07) is 4.50. The van der Waals surface area contributed by atoms with Crippen molar-refractivity contribution in [1.82, 2.24) is 15.5 Å². The average Bonchev–Trinajstić information content (AvgIpc) is 2.98. The van der Waals surface area contributed by atoms with Gasteiger partial charge in [-0.3, -0.25) is 0 Å². The number of methoxy groups -OCH3 is 1. The highest BCUT2D eigenvalue weighted by molar-refractivity contribution is 5.56. The maximum absolute atomic E-state index is 13.4. The minimum Gasteiger partial charge on any atom is -0.494 e. The second kappa shape index (κ2) is 5.58. The van der Waals surface area contributed by atoms with E-state index in [2.05, 4.69) is 15.5 Å². The monoisotopic (exact) mass is 277 g/mol. The lowest BCUT2D eigenvalue weighted by molar-refractivity contribution is 0.384. The standard InChI is InChI=1S/C14H16FN3O2/c1-19-12-7-9(4-5-11(12)15)14-17-13(18-20-14)10-3-2-6-16-8-10/h4-5,7,10,16H,2-3,6,8H2,1H3. The van der Waals surface area contributed by atoms with Crippen LogP contribution in [0.25, 0.3) is 11.5 Å². The molecule has 1 atom stereocenters. The van der Waals surface area contributed by atoms with Crippen molar-refractivity contribution in [3.8, 4) is 17.2 Å². The first kappa shape index (κ1) is 13.1. The minimum atomic E-state index is -0.410. The fourth-order valence-corrected chi connectivity index (χ4v) is 2.38. The van der Waals surface area contributed by atoms with Gasteiger partial charge < -0.3 is 14.6 Å². The van der Waals surface area contributed by atoms with E-state index in [1.807, 2.05) is 0 Å². The summed E-state index contributed by atoms with van der Waals surface area (Å²) in [7, 11) is 1.43. The van der Waals surface area contributed by atoms with Crippen LogP contribution in [-0.2, 0) is 0 Å². The fraction of sp³-hybridized carbons (Fsp3) is 0.429. The van der Waals surface area contributed by atoms with Gasteiger partial charge in [0.2, 0.25) is 0 Å². The Bertz CT molecular complexity index is 594. The molecule has 2 heterocycles. The van der Waals surface area contributed by atoms with Crippen molar-refractivity contribution in [2.75, 3.05) is 20.2 Å². The van der Waals surface area contributed by atoms with Crippen LogP contribution in [0.4, 0.5) is 4.39 Å². The third-order valence-electron chi connectivity index (χ3n) is 3.50.